The first-order valence-electron chi connectivity index (χ1n) is 5.29. The molecule has 0 spiro atoms. The summed E-state index contributed by atoms with van der Waals surface area (Å²) >= 11 is 7.88. The number of aromatic nitrogens is 2. The number of alkyl halides is 1. The molecular formula is C10H16ClN3S. The van der Waals surface area contributed by atoms with Crippen LogP contribution in [0.1, 0.15) is 23.4 Å². The van der Waals surface area contributed by atoms with E-state index in [1.165, 1.54) is 0 Å². The van der Waals surface area contributed by atoms with Crippen molar-refractivity contribution < 1.29 is 0 Å². The topological polar surface area (TPSA) is 29.0 Å². The van der Waals surface area contributed by atoms with E-state index in [-0.39, 0.29) is 0 Å². The molecule has 1 aromatic heterocycles. The maximum absolute atomic E-state index is 6.20. The first-order chi connectivity index (χ1) is 7.13. The molecule has 0 saturated carbocycles. The minimum atomic E-state index is 0.294. The van der Waals surface area contributed by atoms with Crippen LogP contribution in [0.25, 0.3) is 0 Å². The quantitative estimate of drug-likeness (QED) is 0.749. The standard InChI is InChI=1S/C10H16ClN3S/c1-7-3-9(11)5-14(4-7)6-10-13-12-8(2)15-10/h7,9H,3-6H2,1-2H3. The maximum atomic E-state index is 6.20. The molecule has 0 aromatic carbocycles. The zero-order valence-electron chi connectivity index (χ0n) is 9.11. The number of piperidine rings is 1. The van der Waals surface area contributed by atoms with E-state index in [0.29, 0.717) is 11.3 Å². The average molecular weight is 246 g/mol. The zero-order valence-corrected chi connectivity index (χ0v) is 10.7. The predicted molar refractivity (Wildman–Crippen MR) is 63.3 cm³/mol. The number of aryl methyl sites for hydroxylation is 1. The Kier molecular flexibility index (Phi) is 3.59. The summed E-state index contributed by atoms with van der Waals surface area (Å²) in [5, 5.41) is 10.6. The summed E-state index contributed by atoms with van der Waals surface area (Å²) in [6.45, 7) is 7.25. The van der Waals surface area contributed by atoms with E-state index in [2.05, 4.69) is 22.0 Å². The largest absolute Gasteiger partial charge is 0.295 e. The number of rotatable bonds is 2. The van der Waals surface area contributed by atoms with Crippen molar-refractivity contribution in [2.24, 2.45) is 5.92 Å². The van der Waals surface area contributed by atoms with Crippen LogP contribution in [0.5, 0.6) is 0 Å². The lowest BCUT2D eigenvalue weighted by Gasteiger charge is -2.33. The van der Waals surface area contributed by atoms with Crippen LogP contribution in [0.15, 0.2) is 0 Å². The Hall–Kier alpha value is -0.190. The Labute approximate surface area is 99.5 Å². The SMILES string of the molecule is Cc1nnc(CN2CC(C)CC(Cl)C2)s1. The highest BCUT2D eigenvalue weighted by molar-refractivity contribution is 7.11. The third-order valence-corrected chi connectivity index (χ3v) is 3.75. The van der Waals surface area contributed by atoms with Gasteiger partial charge in [-0.2, -0.15) is 0 Å². The third-order valence-electron chi connectivity index (χ3n) is 2.61. The molecule has 1 aliphatic rings. The lowest BCUT2D eigenvalue weighted by molar-refractivity contribution is 0.179. The summed E-state index contributed by atoms with van der Waals surface area (Å²) in [4.78, 5) is 2.38. The Morgan fingerprint density at radius 1 is 1.47 bits per heavy atom. The highest BCUT2D eigenvalue weighted by atomic mass is 35.5. The molecule has 0 amide bonds. The van der Waals surface area contributed by atoms with E-state index in [0.717, 1.165) is 36.1 Å². The first kappa shape index (κ1) is 11.3. The molecule has 84 valence electrons. The van der Waals surface area contributed by atoms with Crippen LogP contribution in [-0.4, -0.2) is 33.6 Å². The van der Waals surface area contributed by atoms with Crippen molar-refractivity contribution >= 4 is 22.9 Å². The second-order valence-corrected chi connectivity index (χ2v) is 6.23. The molecular weight excluding hydrogens is 230 g/mol. The van der Waals surface area contributed by atoms with Gasteiger partial charge in [-0.15, -0.1) is 33.1 Å². The van der Waals surface area contributed by atoms with E-state index in [4.69, 9.17) is 11.6 Å². The highest BCUT2D eigenvalue weighted by Crippen LogP contribution is 2.22. The number of hydrogen-bond donors (Lipinski definition) is 0. The van der Waals surface area contributed by atoms with E-state index < -0.39 is 0 Å². The molecule has 2 rings (SSSR count). The Bertz CT molecular complexity index is 318. The fourth-order valence-corrected chi connectivity index (χ4v) is 3.35. The molecule has 1 aliphatic heterocycles. The molecule has 0 aliphatic carbocycles. The van der Waals surface area contributed by atoms with Gasteiger partial charge in [-0.3, -0.25) is 4.90 Å². The van der Waals surface area contributed by atoms with Crippen LogP contribution in [-0.2, 0) is 6.54 Å². The molecule has 2 heterocycles. The summed E-state index contributed by atoms with van der Waals surface area (Å²) < 4.78 is 0. The second-order valence-electron chi connectivity index (χ2n) is 4.35. The number of likely N-dealkylation sites (tertiary alicyclic amines) is 1. The summed E-state index contributed by atoms with van der Waals surface area (Å²) in [6.07, 6.45) is 1.13. The summed E-state index contributed by atoms with van der Waals surface area (Å²) in [7, 11) is 0. The minimum absolute atomic E-state index is 0.294. The zero-order chi connectivity index (χ0) is 10.8. The Morgan fingerprint density at radius 2 is 2.27 bits per heavy atom. The van der Waals surface area contributed by atoms with E-state index in [1.807, 2.05) is 6.92 Å². The van der Waals surface area contributed by atoms with Gasteiger partial charge in [0.2, 0.25) is 0 Å². The van der Waals surface area contributed by atoms with Gasteiger partial charge in [0.05, 0.1) is 6.54 Å². The van der Waals surface area contributed by atoms with Crippen molar-refractivity contribution in [3.8, 4) is 0 Å². The molecule has 5 heteroatoms. The van der Waals surface area contributed by atoms with Gasteiger partial charge in [-0.25, -0.2) is 0 Å². The van der Waals surface area contributed by atoms with Crippen LogP contribution in [0.4, 0.5) is 0 Å². The molecule has 0 N–H and O–H groups in total. The minimum Gasteiger partial charge on any atom is -0.295 e. The smallest absolute Gasteiger partial charge is 0.131 e. The molecule has 1 aromatic rings. The molecule has 1 saturated heterocycles. The monoisotopic (exact) mass is 245 g/mol. The van der Waals surface area contributed by atoms with Crippen molar-refractivity contribution in [1.82, 2.24) is 15.1 Å². The molecule has 0 bridgehead atoms. The van der Waals surface area contributed by atoms with Crippen LogP contribution >= 0.6 is 22.9 Å². The Morgan fingerprint density at radius 3 is 2.87 bits per heavy atom. The summed E-state index contributed by atoms with van der Waals surface area (Å²) in [5.74, 6) is 0.690. The van der Waals surface area contributed by atoms with Gasteiger partial charge in [-0.05, 0) is 19.3 Å². The lowest BCUT2D eigenvalue weighted by atomic mass is 10.00. The predicted octanol–water partition coefficient (Wildman–Crippen LogP) is 2.30. The summed E-state index contributed by atoms with van der Waals surface area (Å²) in [6, 6.07) is 0. The summed E-state index contributed by atoms with van der Waals surface area (Å²) in [5.41, 5.74) is 0. The molecule has 2 unspecified atom stereocenters. The number of halogens is 1. The van der Waals surface area contributed by atoms with Gasteiger partial charge >= 0.3 is 0 Å². The van der Waals surface area contributed by atoms with Gasteiger partial charge in [0.25, 0.3) is 0 Å². The van der Waals surface area contributed by atoms with Crippen LogP contribution in [0.2, 0.25) is 0 Å². The average Bonchev–Trinajstić information content (AvgIpc) is 2.49. The van der Waals surface area contributed by atoms with E-state index >= 15 is 0 Å². The van der Waals surface area contributed by atoms with Gasteiger partial charge in [0.1, 0.15) is 10.0 Å². The van der Waals surface area contributed by atoms with E-state index in [9.17, 15) is 0 Å². The molecule has 3 nitrogen and oxygen atoms in total. The van der Waals surface area contributed by atoms with Gasteiger partial charge in [0, 0.05) is 18.5 Å². The molecule has 0 radical (unpaired) electrons. The van der Waals surface area contributed by atoms with E-state index in [1.54, 1.807) is 11.3 Å². The van der Waals surface area contributed by atoms with Crippen molar-refractivity contribution in [2.75, 3.05) is 13.1 Å². The fraction of sp³-hybridized carbons (Fsp3) is 0.800. The van der Waals surface area contributed by atoms with Crippen molar-refractivity contribution in [3.05, 3.63) is 10.0 Å². The van der Waals surface area contributed by atoms with Crippen molar-refractivity contribution in [2.45, 2.75) is 32.2 Å². The normalized spacial score (nSPS) is 28.2. The number of hydrogen-bond acceptors (Lipinski definition) is 4. The molecule has 1 fully saturated rings. The molecule has 15 heavy (non-hydrogen) atoms. The van der Waals surface area contributed by atoms with Gasteiger partial charge in [0.15, 0.2) is 0 Å². The van der Waals surface area contributed by atoms with Crippen molar-refractivity contribution in [1.29, 1.82) is 0 Å². The third kappa shape index (κ3) is 3.13. The van der Waals surface area contributed by atoms with Crippen LogP contribution < -0.4 is 0 Å². The van der Waals surface area contributed by atoms with Crippen LogP contribution in [0.3, 0.4) is 0 Å². The first-order valence-corrected chi connectivity index (χ1v) is 6.54. The second kappa shape index (κ2) is 4.76. The van der Waals surface area contributed by atoms with Gasteiger partial charge < -0.3 is 0 Å². The Balaban J connectivity index is 1.94. The number of nitrogens with zero attached hydrogens (tertiary/aromatic N) is 3. The molecule has 2 atom stereocenters. The van der Waals surface area contributed by atoms with Gasteiger partial charge in [-0.1, -0.05) is 6.92 Å². The van der Waals surface area contributed by atoms with Crippen molar-refractivity contribution in [3.63, 3.8) is 0 Å². The maximum Gasteiger partial charge on any atom is 0.131 e. The fourth-order valence-electron chi connectivity index (χ4n) is 2.10. The highest BCUT2D eigenvalue weighted by Gasteiger charge is 2.23. The lowest BCUT2D eigenvalue weighted by Crippen LogP contribution is -2.39. The van der Waals surface area contributed by atoms with Crippen LogP contribution in [0, 0.1) is 12.8 Å².